The Hall–Kier alpha value is -1.30. The van der Waals surface area contributed by atoms with Crippen molar-refractivity contribution in [2.24, 2.45) is 50.2 Å². The summed E-state index contributed by atoms with van der Waals surface area (Å²) in [5.74, 6) is -0.480. The minimum absolute atomic E-state index is 0.0217. The average molecular weight is 663 g/mol. The first-order chi connectivity index (χ1) is 21.8. The molecule has 0 unspecified atom stereocenters. The first-order valence-corrected chi connectivity index (χ1v) is 18.1. The van der Waals surface area contributed by atoms with Gasteiger partial charge in [0.1, 0.15) is 23.9 Å². The van der Waals surface area contributed by atoms with Crippen molar-refractivity contribution in [1.29, 1.82) is 0 Å². The molecule has 10 nitrogen and oxygen atoms in total. The Kier molecular flexibility index (Phi) is 7.54. The topological polar surface area (TPSA) is 152 Å². The van der Waals surface area contributed by atoms with Gasteiger partial charge in [0, 0.05) is 11.3 Å². The smallest absolute Gasteiger partial charge is 0.337 e. The van der Waals surface area contributed by atoms with Gasteiger partial charge in [0.05, 0.1) is 24.7 Å². The van der Waals surface area contributed by atoms with Gasteiger partial charge in [-0.05, 0) is 97.7 Å². The molecule has 15 atom stereocenters. The molecule has 2 bridgehead atoms. The lowest BCUT2D eigenvalue weighted by molar-refractivity contribution is -0.337. The van der Waals surface area contributed by atoms with Crippen molar-refractivity contribution in [3.63, 3.8) is 0 Å². The minimum Gasteiger partial charge on any atom is -0.467 e. The van der Waals surface area contributed by atoms with Crippen LogP contribution in [0.15, 0.2) is 0 Å². The summed E-state index contributed by atoms with van der Waals surface area (Å²) >= 11 is 0. The van der Waals surface area contributed by atoms with E-state index in [4.69, 9.17) is 18.9 Å². The van der Waals surface area contributed by atoms with E-state index in [1.165, 1.54) is 7.11 Å². The Morgan fingerprint density at radius 3 is 2.17 bits per heavy atom. The molecule has 2 saturated heterocycles. The largest absolute Gasteiger partial charge is 0.467 e. The van der Waals surface area contributed by atoms with Gasteiger partial charge in [0.2, 0.25) is 0 Å². The fraction of sp³-hybridized carbons (Fsp3) is 0.946. The zero-order valence-electron chi connectivity index (χ0n) is 29.6. The molecule has 2 aliphatic heterocycles. The fourth-order valence-corrected chi connectivity index (χ4v) is 13.5. The van der Waals surface area contributed by atoms with Gasteiger partial charge >= 0.3 is 11.9 Å². The number of esters is 2. The molecule has 47 heavy (non-hydrogen) atoms. The molecule has 1 spiro atoms. The van der Waals surface area contributed by atoms with E-state index in [1.54, 1.807) is 0 Å². The molecule has 5 aliphatic carbocycles. The Morgan fingerprint density at radius 1 is 0.809 bits per heavy atom. The van der Waals surface area contributed by atoms with Crippen molar-refractivity contribution in [3.05, 3.63) is 0 Å². The van der Waals surface area contributed by atoms with Crippen LogP contribution < -0.4 is 0 Å². The normalized spacial score (nSPS) is 55.9. The summed E-state index contributed by atoms with van der Waals surface area (Å²) in [7, 11) is 1.17. The Balaban J connectivity index is 1.19. The van der Waals surface area contributed by atoms with Crippen LogP contribution >= 0.6 is 0 Å². The predicted octanol–water partition coefficient (Wildman–Crippen LogP) is 3.88. The number of carbonyl (C=O) groups is 2. The molecule has 0 radical (unpaired) electrons. The number of aliphatic hydroxyl groups is 4. The highest BCUT2D eigenvalue weighted by Crippen LogP contribution is 2.80. The summed E-state index contributed by atoms with van der Waals surface area (Å²) < 4.78 is 23.7. The third-order valence-corrected chi connectivity index (χ3v) is 16.3. The Labute approximate surface area is 279 Å². The van der Waals surface area contributed by atoms with Crippen molar-refractivity contribution < 1.29 is 49.0 Å². The van der Waals surface area contributed by atoms with Crippen LogP contribution in [0.1, 0.15) is 113 Å². The van der Waals surface area contributed by atoms with Crippen LogP contribution in [0.2, 0.25) is 0 Å². The van der Waals surface area contributed by atoms with Crippen LogP contribution in [-0.4, -0.2) is 88.0 Å². The van der Waals surface area contributed by atoms with Gasteiger partial charge in [-0.1, -0.05) is 48.5 Å². The van der Waals surface area contributed by atoms with Crippen LogP contribution in [0, 0.1) is 50.2 Å². The van der Waals surface area contributed by atoms with Crippen molar-refractivity contribution in [3.8, 4) is 0 Å². The molecule has 7 fully saturated rings. The fourth-order valence-electron chi connectivity index (χ4n) is 13.5. The van der Waals surface area contributed by atoms with E-state index >= 15 is 0 Å². The molecular formula is C37H58O10. The first-order valence-electron chi connectivity index (χ1n) is 18.1. The van der Waals surface area contributed by atoms with E-state index in [0.29, 0.717) is 12.8 Å². The van der Waals surface area contributed by atoms with Gasteiger partial charge in [-0.15, -0.1) is 0 Å². The van der Waals surface area contributed by atoms with Crippen LogP contribution in [0.25, 0.3) is 0 Å². The highest BCUT2D eigenvalue weighted by atomic mass is 16.7. The summed E-state index contributed by atoms with van der Waals surface area (Å²) in [5.41, 5.74) is -2.30. The highest BCUT2D eigenvalue weighted by molar-refractivity contribution is 5.82. The zero-order chi connectivity index (χ0) is 34.3. The van der Waals surface area contributed by atoms with Gasteiger partial charge in [-0.3, -0.25) is 4.79 Å². The number of carbonyl (C=O) groups excluding carboxylic acids is 2. The molecule has 7 aliphatic rings. The standard InChI is InChI=1S/C37H58O10/c1-31(2)13-15-36-16-14-35(7)34(6)12-9-19-32(3,4)23(45-29-26(41)24(39)25(40)27(46-29)28(42)44-8)10-11-33(19,5)20(34)17-22(38)37(35,21(36)18-31)47-30(36)43/h19-27,29,38-41H,9-18H2,1-8H3/t19-,20+,21+,22+,23-,24-,25-,26+,27-,29+,33-,34+,35-,36-,37+/m0/s1. The monoisotopic (exact) mass is 662 g/mol. The molecule has 5 saturated carbocycles. The Morgan fingerprint density at radius 2 is 1.49 bits per heavy atom. The number of methoxy groups -OCH3 is 1. The zero-order valence-corrected chi connectivity index (χ0v) is 29.6. The minimum atomic E-state index is -1.64. The van der Waals surface area contributed by atoms with Crippen molar-refractivity contribution >= 4 is 11.9 Å². The SMILES string of the molecule is COC(=O)[C@H]1O[C@@H](O[C@H]2CC[C@]3(C)[C@H]4C[C@@H](O)[C@]56OC(=O)[C@@]7(CCC(C)(C)C[C@H]75)CC[C@@]6(C)[C@]4(C)CC[C@H]3C2(C)C)[C@H](O)[C@@H](O)[C@@H]1O. The molecule has 0 aromatic rings. The third-order valence-electron chi connectivity index (χ3n) is 16.3. The maximum Gasteiger partial charge on any atom is 0.337 e. The van der Waals surface area contributed by atoms with E-state index in [2.05, 4.69) is 48.5 Å². The molecule has 7 rings (SSSR count). The van der Waals surface area contributed by atoms with E-state index < -0.39 is 53.8 Å². The lowest BCUT2D eigenvalue weighted by Gasteiger charge is -2.74. The van der Waals surface area contributed by atoms with Crippen LogP contribution in [-0.2, 0) is 28.5 Å². The Bertz CT molecular complexity index is 1320. The first kappa shape index (κ1) is 34.2. The lowest BCUT2D eigenvalue weighted by atomic mass is 9.30. The van der Waals surface area contributed by atoms with Gasteiger partial charge in [0.25, 0.3) is 0 Å². The molecular weight excluding hydrogens is 604 g/mol. The van der Waals surface area contributed by atoms with Crippen LogP contribution in [0.3, 0.4) is 0 Å². The maximum atomic E-state index is 13.9. The van der Waals surface area contributed by atoms with Gasteiger partial charge < -0.3 is 39.4 Å². The van der Waals surface area contributed by atoms with E-state index in [0.717, 1.165) is 51.4 Å². The van der Waals surface area contributed by atoms with Gasteiger partial charge in [0.15, 0.2) is 12.4 Å². The van der Waals surface area contributed by atoms with Crippen LogP contribution in [0.4, 0.5) is 0 Å². The summed E-state index contributed by atoms with van der Waals surface area (Å²) in [6, 6.07) is 0. The second-order valence-electron chi connectivity index (χ2n) is 18.8. The average Bonchev–Trinajstić information content (AvgIpc) is 3.19. The summed E-state index contributed by atoms with van der Waals surface area (Å²) in [6.45, 7) is 16.2. The quantitative estimate of drug-likeness (QED) is 0.259. The third kappa shape index (κ3) is 4.12. The number of hydrogen-bond donors (Lipinski definition) is 4. The second kappa shape index (κ2) is 10.4. The summed E-state index contributed by atoms with van der Waals surface area (Å²) in [5, 5.41) is 44.2. The van der Waals surface area contributed by atoms with Crippen molar-refractivity contribution in [2.45, 2.75) is 161 Å². The number of aliphatic hydroxyl groups excluding tert-OH is 4. The molecule has 10 heteroatoms. The number of hydrogen-bond acceptors (Lipinski definition) is 10. The highest BCUT2D eigenvalue weighted by Gasteiger charge is 2.83. The lowest BCUT2D eigenvalue weighted by Crippen LogP contribution is -2.76. The number of ether oxygens (including phenoxy) is 4. The molecule has 4 N–H and O–H groups in total. The number of rotatable bonds is 3. The van der Waals surface area contributed by atoms with E-state index in [1.807, 2.05) is 0 Å². The van der Waals surface area contributed by atoms with E-state index in [-0.39, 0.29) is 56.9 Å². The predicted molar refractivity (Wildman–Crippen MR) is 169 cm³/mol. The molecule has 0 aromatic carbocycles. The second-order valence-corrected chi connectivity index (χ2v) is 18.8. The molecule has 266 valence electrons. The molecule has 0 amide bonds. The maximum absolute atomic E-state index is 13.9. The van der Waals surface area contributed by atoms with E-state index in [9.17, 15) is 30.0 Å². The van der Waals surface area contributed by atoms with Gasteiger partial charge in [-0.25, -0.2) is 4.79 Å². The summed E-state index contributed by atoms with van der Waals surface area (Å²) in [4.78, 5) is 26.2. The van der Waals surface area contributed by atoms with Crippen molar-refractivity contribution in [2.75, 3.05) is 7.11 Å². The number of fused-ring (bicyclic) bond motifs is 4. The van der Waals surface area contributed by atoms with Gasteiger partial charge in [-0.2, -0.15) is 0 Å². The van der Waals surface area contributed by atoms with Crippen LogP contribution in [0.5, 0.6) is 0 Å². The molecule has 2 heterocycles. The molecule has 0 aromatic heterocycles. The summed E-state index contributed by atoms with van der Waals surface area (Å²) in [6.07, 6.45) is -0.250. The van der Waals surface area contributed by atoms with Crippen molar-refractivity contribution in [1.82, 2.24) is 0 Å².